The summed E-state index contributed by atoms with van der Waals surface area (Å²) in [5.74, 6) is -1.69. The summed E-state index contributed by atoms with van der Waals surface area (Å²) in [6.45, 7) is 1.50. The van der Waals surface area contributed by atoms with Crippen molar-refractivity contribution >= 4 is 41.0 Å². The average molecular weight is 380 g/mol. The monoisotopic (exact) mass is 380 g/mol. The molecule has 2 atom stereocenters. The van der Waals surface area contributed by atoms with Gasteiger partial charge in [0, 0.05) is 4.88 Å². The van der Waals surface area contributed by atoms with E-state index in [0.29, 0.717) is 5.57 Å². The van der Waals surface area contributed by atoms with Gasteiger partial charge in [-0.1, -0.05) is 17.8 Å². The van der Waals surface area contributed by atoms with Gasteiger partial charge in [-0.25, -0.2) is 4.79 Å². The number of hydrogen-bond donors (Lipinski definition) is 3. The molecule has 0 saturated heterocycles. The summed E-state index contributed by atoms with van der Waals surface area (Å²) in [5.41, 5.74) is 6.18. The lowest BCUT2D eigenvalue weighted by Gasteiger charge is -2.17. The van der Waals surface area contributed by atoms with Crippen LogP contribution in [-0.4, -0.2) is 36.3 Å². The molecule has 8 nitrogen and oxygen atoms in total. The van der Waals surface area contributed by atoms with E-state index in [0.717, 1.165) is 16.6 Å². The van der Waals surface area contributed by atoms with Crippen LogP contribution in [0.2, 0.25) is 0 Å². The number of esters is 1. The molecule has 1 aliphatic heterocycles. The summed E-state index contributed by atoms with van der Waals surface area (Å²) in [6.07, 6.45) is 0. The first kappa shape index (κ1) is 18.8. The molecule has 0 aliphatic carbocycles. The van der Waals surface area contributed by atoms with Crippen molar-refractivity contribution in [1.82, 2.24) is 10.6 Å². The van der Waals surface area contributed by atoms with Crippen molar-refractivity contribution in [3.05, 3.63) is 33.0 Å². The van der Waals surface area contributed by atoms with Crippen LogP contribution >= 0.6 is 23.1 Å². The molecule has 0 saturated carbocycles. The van der Waals surface area contributed by atoms with Crippen LogP contribution in [0, 0.1) is 11.3 Å². The molecule has 0 spiro atoms. The Bertz CT molecular complexity index is 739. The summed E-state index contributed by atoms with van der Waals surface area (Å²) < 4.78 is 4.68. The minimum absolute atomic E-state index is 0.199. The van der Waals surface area contributed by atoms with E-state index in [2.05, 4.69) is 15.4 Å². The summed E-state index contributed by atoms with van der Waals surface area (Å²) in [6, 6.07) is 4.86. The molecule has 3 amide bonds. The standard InChI is InChI=1S/C15H16N4O4S2/c1-2-23-10(20)7-18-15(22)19-14(21)12-11(9-4-3-5-24-9)8(6-16)13(17)25-12/h3-5,11-12H,2,7,17H2,1H3,(H2,18,19,21,22)/t11-,12+/m0/s1. The molecule has 25 heavy (non-hydrogen) atoms. The van der Waals surface area contributed by atoms with Crippen LogP contribution in [0.1, 0.15) is 17.7 Å². The summed E-state index contributed by atoms with van der Waals surface area (Å²) in [7, 11) is 0. The zero-order valence-corrected chi connectivity index (χ0v) is 14.9. The maximum Gasteiger partial charge on any atom is 0.325 e. The highest BCUT2D eigenvalue weighted by Crippen LogP contribution is 2.46. The van der Waals surface area contributed by atoms with Crippen molar-refractivity contribution in [3.8, 4) is 6.07 Å². The second-order valence-corrected chi connectivity index (χ2v) is 7.06. The van der Waals surface area contributed by atoms with Gasteiger partial charge < -0.3 is 15.8 Å². The number of nitrogens with two attached hydrogens (primary N) is 1. The Labute approximate surface area is 152 Å². The largest absolute Gasteiger partial charge is 0.465 e. The Morgan fingerprint density at radius 1 is 1.44 bits per heavy atom. The van der Waals surface area contributed by atoms with Gasteiger partial charge in [0.2, 0.25) is 5.91 Å². The second kappa shape index (κ2) is 8.55. The Morgan fingerprint density at radius 2 is 2.20 bits per heavy atom. The van der Waals surface area contributed by atoms with Crippen LogP contribution < -0.4 is 16.4 Å². The lowest BCUT2D eigenvalue weighted by molar-refractivity contribution is -0.141. The van der Waals surface area contributed by atoms with Crippen molar-refractivity contribution in [1.29, 1.82) is 5.26 Å². The molecule has 0 radical (unpaired) electrons. The highest BCUT2D eigenvalue weighted by molar-refractivity contribution is 8.04. The van der Waals surface area contributed by atoms with Crippen LogP contribution in [0.4, 0.5) is 4.79 Å². The van der Waals surface area contributed by atoms with Gasteiger partial charge in [-0.15, -0.1) is 11.3 Å². The van der Waals surface area contributed by atoms with E-state index in [1.54, 1.807) is 6.92 Å². The molecule has 1 aromatic heterocycles. The quantitative estimate of drug-likeness (QED) is 0.649. The third-order valence-corrected chi connectivity index (χ3v) is 5.47. The van der Waals surface area contributed by atoms with E-state index < -0.39 is 29.1 Å². The van der Waals surface area contributed by atoms with Crippen LogP contribution in [0.25, 0.3) is 0 Å². The van der Waals surface area contributed by atoms with Crippen molar-refractivity contribution < 1.29 is 19.1 Å². The molecule has 0 unspecified atom stereocenters. The molecule has 132 valence electrons. The summed E-state index contributed by atoms with van der Waals surface area (Å²) in [4.78, 5) is 36.2. The molecule has 1 aliphatic rings. The molecular formula is C15H16N4O4S2. The average Bonchev–Trinajstić information content (AvgIpc) is 3.20. The number of hydrogen-bond acceptors (Lipinski definition) is 8. The van der Waals surface area contributed by atoms with E-state index >= 15 is 0 Å². The first-order valence-electron chi connectivity index (χ1n) is 7.32. The molecule has 2 rings (SSSR count). The fraction of sp³-hybridized carbons (Fsp3) is 0.333. The van der Waals surface area contributed by atoms with Crippen LogP contribution in [-0.2, 0) is 14.3 Å². The van der Waals surface area contributed by atoms with Gasteiger partial charge in [0.1, 0.15) is 11.8 Å². The minimum atomic E-state index is -0.812. The number of thioether (sulfide) groups is 1. The zero-order valence-electron chi connectivity index (χ0n) is 13.3. The van der Waals surface area contributed by atoms with E-state index in [4.69, 9.17) is 5.73 Å². The topological polar surface area (TPSA) is 134 Å². The molecular weight excluding hydrogens is 364 g/mol. The van der Waals surface area contributed by atoms with Crippen LogP contribution in [0.5, 0.6) is 0 Å². The third kappa shape index (κ3) is 4.52. The van der Waals surface area contributed by atoms with E-state index in [9.17, 15) is 19.6 Å². The number of carbonyl (C=O) groups excluding carboxylic acids is 3. The van der Waals surface area contributed by atoms with Gasteiger partial charge in [0.25, 0.3) is 0 Å². The number of allylic oxidation sites excluding steroid dienone is 1. The Balaban J connectivity index is 2.02. The molecule has 0 fully saturated rings. The smallest absolute Gasteiger partial charge is 0.325 e. The number of nitrogens with zero attached hydrogens (tertiary/aromatic N) is 1. The summed E-state index contributed by atoms with van der Waals surface area (Å²) in [5, 5.41) is 15.1. The van der Waals surface area contributed by atoms with Gasteiger partial charge >= 0.3 is 12.0 Å². The number of urea groups is 1. The second-order valence-electron chi connectivity index (χ2n) is 4.90. The zero-order chi connectivity index (χ0) is 18.4. The number of imide groups is 1. The number of amides is 3. The predicted octanol–water partition coefficient (Wildman–Crippen LogP) is 1.03. The third-order valence-electron chi connectivity index (χ3n) is 3.30. The van der Waals surface area contributed by atoms with Gasteiger partial charge in [-0.2, -0.15) is 5.26 Å². The van der Waals surface area contributed by atoms with E-state index in [1.165, 1.54) is 11.3 Å². The summed E-state index contributed by atoms with van der Waals surface area (Å²) >= 11 is 2.45. The van der Waals surface area contributed by atoms with Crippen LogP contribution in [0.3, 0.4) is 0 Å². The lowest BCUT2D eigenvalue weighted by Crippen LogP contribution is -2.45. The Morgan fingerprint density at radius 3 is 2.80 bits per heavy atom. The number of nitriles is 1. The highest BCUT2D eigenvalue weighted by atomic mass is 32.2. The number of rotatable bonds is 5. The molecule has 0 bridgehead atoms. The van der Waals surface area contributed by atoms with Crippen molar-refractivity contribution in [2.24, 2.45) is 5.73 Å². The van der Waals surface area contributed by atoms with E-state index in [-0.39, 0.29) is 18.2 Å². The maximum atomic E-state index is 12.4. The van der Waals surface area contributed by atoms with Crippen LogP contribution in [0.15, 0.2) is 28.1 Å². The Kier molecular flexibility index (Phi) is 6.44. The minimum Gasteiger partial charge on any atom is -0.465 e. The highest BCUT2D eigenvalue weighted by Gasteiger charge is 2.41. The van der Waals surface area contributed by atoms with Gasteiger partial charge in [-0.05, 0) is 18.4 Å². The molecule has 10 heteroatoms. The van der Waals surface area contributed by atoms with Gasteiger partial charge in [0.15, 0.2) is 0 Å². The molecule has 1 aromatic rings. The molecule has 4 N–H and O–H groups in total. The Hall–Kier alpha value is -2.51. The fourth-order valence-corrected chi connectivity index (χ4v) is 4.37. The normalized spacial score (nSPS) is 19.2. The number of carbonyl (C=O) groups is 3. The van der Waals surface area contributed by atoms with Gasteiger partial charge in [-0.3, -0.25) is 14.9 Å². The van der Waals surface area contributed by atoms with Crippen molar-refractivity contribution in [3.63, 3.8) is 0 Å². The predicted molar refractivity (Wildman–Crippen MR) is 93.4 cm³/mol. The van der Waals surface area contributed by atoms with E-state index in [1.807, 2.05) is 23.6 Å². The number of ether oxygens (including phenoxy) is 1. The van der Waals surface area contributed by atoms with Crippen molar-refractivity contribution in [2.75, 3.05) is 13.2 Å². The SMILES string of the molecule is CCOC(=O)CNC(=O)NC(=O)[C@@H]1SC(N)=C(C#N)[C@H]1c1cccs1. The first-order valence-corrected chi connectivity index (χ1v) is 9.08. The lowest BCUT2D eigenvalue weighted by atomic mass is 9.95. The number of nitrogens with one attached hydrogen (secondary N) is 2. The first-order chi connectivity index (χ1) is 12.0. The maximum absolute atomic E-state index is 12.4. The molecule has 0 aromatic carbocycles. The number of thiophene rings is 1. The van der Waals surface area contributed by atoms with Gasteiger partial charge in [0.05, 0.1) is 29.2 Å². The van der Waals surface area contributed by atoms with Crippen molar-refractivity contribution in [2.45, 2.75) is 18.1 Å². The fourth-order valence-electron chi connectivity index (χ4n) is 2.25. The molecule has 2 heterocycles.